The zero-order valence-electron chi connectivity index (χ0n) is 12.6. The topological polar surface area (TPSA) is 40.4 Å². The van der Waals surface area contributed by atoms with Crippen molar-refractivity contribution in [2.75, 3.05) is 33.4 Å². The Morgan fingerprint density at radius 1 is 1.30 bits per heavy atom. The lowest BCUT2D eigenvalue weighted by molar-refractivity contribution is 0.344. The summed E-state index contributed by atoms with van der Waals surface area (Å²) in [5.74, 6) is 4.21. The molecule has 1 aromatic rings. The number of nitrogens with one attached hydrogen (secondary N) is 2. The maximum Gasteiger partial charge on any atom is 0.166 e. The van der Waals surface area contributed by atoms with E-state index in [-0.39, 0.29) is 0 Å². The van der Waals surface area contributed by atoms with Gasteiger partial charge in [-0.25, -0.2) is 0 Å². The molecule has 1 heterocycles. The van der Waals surface area contributed by atoms with Gasteiger partial charge in [-0.2, -0.15) is 11.8 Å². The first-order valence-corrected chi connectivity index (χ1v) is 8.43. The van der Waals surface area contributed by atoms with Gasteiger partial charge in [0.15, 0.2) is 5.11 Å². The van der Waals surface area contributed by atoms with Crippen molar-refractivity contribution in [2.45, 2.75) is 25.1 Å². The van der Waals surface area contributed by atoms with E-state index in [0.717, 1.165) is 47.6 Å². The van der Waals surface area contributed by atoms with Crippen LogP contribution in [-0.4, -0.2) is 43.5 Å². The van der Waals surface area contributed by atoms with E-state index in [0.29, 0.717) is 0 Å². The molecule has 2 N–H and O–H groups in total. The zero-order valence-corrected chi connectivity index (χ0v) is 14.2. The largest absolute Gasteiger partial charge is 0.464 e. The first-order chi connectivity index (χ1) is 9.61. The molecule has 0 unspecified atom stereocenters. The van der Waals surface area contributed by atoms with Gasteiger partial charge in [0, 0.05) is 13.6 Å². The maximum atomic E-state index is 5.77. The minimum absolute atomic E-state index is 0.724. The Labute approximate surface area is 131 Å². The van der Waals surface area contributed by atoms with Crippen LogP contribution in [0.15, 0.2) is 16.5 Å². The number of hydrogen-bond acceptors (Lipinski definition) is 4. The van der Waals surface area contributed by atoms with E-state index in [4.69, 9.17) is 16.6 Å². The number of thioether (sulfide) groups is 1. The lowest BCUT2D eigenvalue weighted by Gasteiger charge is -2.06. The van der Waals surface area contributed by atoms with Crippen LogP contribution >= 0.6 is 24.0 Å². The van der Waals surface area contributed by atoms with Gasteiger partial charge in [-0.3, -0.25) is 0 Å². The van der Waals surface area contributed by atoms with Gasteiger partial charge < -0.3 is 20.0 Å². The van der Waals surface area contributed by atoms with E-state index in [2.05, 4.69) is 27.7 Å². The Balaban J connectivity index is 2.03. The first kappa shape index (κ1) is 17.3. The second-order valence-corrected chi connectivity index (χ2v) is 6.38. The van der Waals surface area contributed by atoms with Crippen LogP contribution in [0.25, 0.3) is 0 Å². The Morgan fingerprint density at radius 2 is 2.05 bits per heavy atom. The van der Waals surface area contributed by atoms with Crippen LogP contribution in [0.2, 0.25) is 0 Å². The summed E-state index contributed by atoms with van der Waals surface area (Å²) in [5.41, 5.74) is 0. The van der Waals surface area contributed by atoms with Crippen LogP contribution < -0.4 is 10.6 Å². The van der Waals surface area contributed by atoms with Gasteiger partial charge in [0.25, 0.3) is 0 Å². The van der Waals surface area contributed by atoms with Crippen molar-refractivity contribution in [3.63, 3.8) is 0 Å². The molecule has 0 aliphatic rings. The van der Waals surface area contributed by atoms with Crippen LogP contribution in [0.1, 0.15) is 24.4 Å². The molecule has 0 saturated heterocycles. The minimum atomic E-state index is 0.724. The molecule has 114 valence electrons. The normalized spacial score (nSPS) is 10.8. The van der Waals surface area contributed by atoms with Gasteiger partial charge in [0.05, 0.1) is 12.3 Å². The molecule has 4 nitrogen and oxygen atoms in total. The van der Waals surface area contributed by atoms with Crippen LogP contribution in [0.5, 0.6) is 0 Å². The molecule has 0 aliphatic heterocycles. The fourth-order valence-corrected chi connectivity index (χ4v) is 2.70. The average Bonchev–Trinajstić information content (AvgIpc) is 2.84. The standard InChI is InChI=1S/C14H25N3OS2/c1-15-14(19)16-8-4-5-9-20-11-13-7-6-12(18-13)10-17(2)3/h6-7H,4-5,8-11H2,1-3H3,(H2,15,16,19). The van der Waals surface area contributed by atoms with Gasteiger partial charge >= 0.3 is 0 Å². The second kappa shape index (κ2) is 10.1. The Hall–Kier alpha value is -0.720. The van der Waals surface area contributed by atoms with Crippen LogP contribution in [0.3, 0.4) is 0 Å². The van der Waals surface area contributed by atoms with E-state index in [1.807, 2.05) is 32.9 Å². The molecule has 0 radical (unpaired) electrons. The second-order valence-electron chi connectivity index (χ2n) is 4.87. The molecule has 0 aliphatic carbocycles. The third-order valence-electron chi connectivity index (χ3n) is 2.66. The first-order valence-electron chi connectivity index (χ1n) is 6.87. The quantitative estimate of drug-likeness (QED) is 0.539. The van der Waals surface area contributed by atoms with Crippen molar-refractivity contribution < 1.29 is 4.42 Å². The monoisotopic (exact) mass is 315 g/mol. The number of rotatable bonds is 9. The molecule has 1 rings (SSSR count). The molecule has 0 saturated carbocycles. The highest BCUT2D eigenvalue weighted by molar-refractivity contribution is 7.98. The summed E-state index contributed by atoms with van der Waals surface area (Å²) in [6.07, 6.45) is 2.33. The third kappa shape index (κ3) is 7.77. The molecule has 0 spiro atoms. The summed E-state index contributed by atoms with van der Waals surface area (Å²) in [6.45, 7) is 1.80. The molecular weight excluding hydrogens is 290 g/mol. The predicted molar refractivity (Wildman–Crippen MR) is 91.2 cm³/mol. The SMILES string of the molecule is CNC(=S)NCCCCSCc1ccc(CN(C)C)o1. The van der Waals surface area contributed by atoms with Crippen molar-refractivity contribution in [1.82, 2.24) is 15.5 Å². The van der Waals surface area contributed by atoms with Crippen molar-refractivity contribution >= 4 is 29.1 Å². The van der Waals surface area contributed by atoms with E-state index >= 15 is 0 Å². The summed E-state index contributed by atoms with van der Waals surface area (Å²) in [5, 5.41) is 6.78. The Morgan fingerprint density at radius 3 is 2.75 bits per heavy atom. The molecule has 0 fully saturated rings. The fraction of sp³-hybridized carbons (Fsp3) is 0.643. The van der Waals surface area contributed by atoms with Crippen LogP contribution in [0, 0.1) is 0 Å². The van der Waals surface area contributed by atoms with Crippen molar-refractivity contribution in [1.29, 1.82) is 0 Å². The van der Waals surface area contributed by atoms with Gasteiger partial charge in [-0.05, 0) is 57.0 Å². The molecular formula is C14H25N3OS2. The highest BCUT2D eigenvalue weighted by Gasteiger charge is 2.03. The maximum absolute atomic E-state index is 5.77. The molecule has 0 bridgehead atoms. The van der Waals surface area contributed by atoms with E-state index in [1.54, 1.807) is 0 Å². The molecule has 0 atom stereocenters. The van der Waals surface area contributed by atoms with Gasteiger partial charge in [0.2, 0.25) is 0 Å². The number of nitrogens with zero attached hydrogens (tertiary/aromatic N) is 1. The Bertz CT molecular complexity index is 394. The Kier molecular flexibility index (Phi) is 8.73. The number of thiocarbonyl (C=S) groups is 1. The molecule has 1 aromatic heterocycles. The van der Waals surface area contributed by atoms with Gasteiger partial charge in [-0.1, -0.05) is 0 Å². The average molecular weight is 316 g/mol. The number of unbranched alkanes of at least 4 members (excludes halogenated alkanes) is 1. The summed E-state index contributed by atoms with van der Waals surface area (Å²) in [6, 6.07) is 4.15. The third-order valence-corrected chi connectivity index (χ3v) is 4.08. The summed E-state index contributed by atoms with van der Waals surface area (Å²) < 4.78 is 5.77. The van der Waals surface area contributed by atoms with Crippen LogP contribution in [0.4, 0.5) is 0 Å². The van der Waals surface area contributed by atoms with Crippen molar-refractivity contribution in [3.05, 3.63) is 23.7 Å². The predicted octanol–water partition coefficient (Wildman–Crippen LogP) is 2.45. The van der Waals surface area contributed by atoms with E-state index in [9.17, 15) is 0 Å². The lowest BCUT2D eigenvalue weighted by atomic mass is 10.3. The summed E-state index contributed by atoms with van der Waals surface area (Å²) in [7, 11) is 5.93. The zero-order chi connectivity index (χ0) is 14.8. The van der Waals surface area contributed by atoms with Gasteiger partial charge in [-0.15, -0.1) is 0 Å². The summed E-state index contributed by atoms with van der Waals surface area (Å²) >= 11 is 6.93. The molecule has 0 amide bonds. The van der Waals surface area contributed by atoms with Gasteiger partial charge in [0.1, 0.15) is 11.5 Å². The van der Waals surface area contributed by atoms with Crippen molar-refractivity contribution in [3.8, 4) is 0 Å². The number of furan rings is 1. The minimum Gasteiger partial charge on any atom is -0.464 e. The number of hydrogen-bond donors (Lipinski definition) is 2. The smallest absolute Gasteiger partial charge is 0.166 e. The highest BCUT2D eigenvalue weighted by atomic mass is 32.2. The van der Waals surface area contributed by atoms with E-state index in [1.165, 1.54) is 6.42 Å². The molecule has 6 heteroatoms. The molecule has 20 heavy (non-hydrogen) atoms. The summed E-state index contributed by atoms with van der Waals surface area (Å²) in [4.78, 5) is 2.11. The lowest BCUT2D eigenvalue weighted by Crippen LogP contribution is -2.32. The van der Waals surface area contributed by atoms with Crippen LogP contribution in [-0.2, 0) is 12.3 Å². The van der Waals surface area contributed by atoms with E-state index < -0.39 is 0 Å². The fourth-order valence-electron chi connectivity index (χ4n) is 1.69. The highest BCUT2D eigenvalue weighted by Crippen LogP contribution is 2.17. The molecule has 0 aromatic carbocycles. The van der Waals surface area contributed by atoms with Crippen molar-refractivity contribution in [2.24, 2.45) is 0 Å².